The molecule has 0 aliphatic carbocycles. The Kier molecular flexibility index (Phi) is 8.36. The Balaban J connectivity index is 0.00000361. The number of azo groups is 2. The molecule has 1 radical (unpaired) electrons. The predicted octanol–water partition coefficient (Wildman–Crippen LogP) is 5.49. The van der Waals surface area contributed by atoms with E-state index in [9.17, 15) is 26.5 Å². The number of fused-ring (bicyclic) bond motifs is 1. The Bertz CT molecular complexity index is 1710. The van der Waals surface area contributed by atoms with Crippen molar-refractivity contribution in [3.05, 3.63) is 78.9 Å². The molecule has 4 aromatic rings. The fourth-order valence-corrected chi connectivity index (χ4v) is 4.23. The molecule has 0 spiro atoms. The van der Waals surface area contributed by atoms with Crippen LogP contribution < -0.4 is 0 Å². The maximum absolute atomic E-state index is 12.0. The van der Waals surface area contributed by atoms with Gasteiger partial charge in [0, 0.05) is 34.9 Å². The third-order valence-electron chi connectivity index (χ3n) is 4.77. The van der Waals surface area contributed by atoms with E-state index >= 15 is 0 Å². The summed E-state index contributed by atoms with van der Waals surface area (Å²) in [5, 5.41) is 27.3. The molecule has 4 rings (SSSR count). The molecular weight excluding hydrogens is 519 g/mol. The quantitative estimate of drug-likeness (QED) is 0.166. The average Bonchev–Trinajstić information content (AvgIpc) is 2.81. The third kappa shape index (κ3) is 6.39. The summed E-state index contributed by atoms with van der Waals surface area (Å²) < 4.78 is 64.8. The van der Waals surface area contributed by atoms with Gasteiger partial charge in [-0.1, -0.05) is 30.3 Å². The van der Waals surface area contributed by atoms with Crippen molar-refractivity contribution in [3.63, 3.8) is 0 Å². The molecular formula is C22H16N4NaO7S2. The van der Waals surface area contributed by atoms with Gasteiger partial charge < -0.3 is 5.11 Å². The molecule has 0 amide bonds. The number of nitrogens with zero attached hydrogens (tertiary/aromatic N) is 4. The first kappa shape index (κ1) is 27.5. The minimum atomic E-state index is -4.73. The molecule has 0 unspecified atom stereocenters. The standard InChI is InChI=1S/C22H16N4O7S2.Na/c27-20-12-5-14-3-1-2-4-18(14)22(20)26-25-19-11-8-16(13-21(19)35(31,32)33)24-23-15-6-9-17(10-7-15)34(28,29)30;/h1-13,27H,(H,28,29,30)(H,31,32,33);. The van der Waals surface area contributed by atoms with E-state index in [1.807, 2.05) is 12.1 Å². The molecule has 0 saturated heterocycles. The molecule has 3 N–H and O–H groups in total. The van der Waals surface area contributed by atoms with Gasteiger partial charge in [-0.3, -0.25) is 9.11 Å². The van der Waals surface area contributed by atoms with Gasteiger partial charge in [0.05, 0.1) is 16.3 Å². The molecule has 0 saturated carbocycles. The monoisotopic (exact) mass is 535 g/mol. The fourth-order valence-electron chi connectivity index (χ4n) is 3.11. The Morgan fingerprint density at radius 3 is 1.94 bits per heavy atom. The van der Waals surface area contributed by atoms with Gasteiger partial charge in [-0.15, -0.1) is 10.2 Å². The van der Waals surface area contributed by atoms with Crippen LogP contribution >= 0.6 is 0 Å². The molecule has 0 fully saturated rings. The summed E-state index contributed by atoms with van der Waals surface area (Å²) in [5.74, 6) is -0.161. The first-order valence-corrected chi connectivity index (χ1v) is 12.6. The summed E-state index contributed by atoms with van der Waals surface area (Å²) in [6.45, 7) is 0. The molecule has 4 aromatic carbocycles. The van der Waals surface area contributed by atoms with Crippen molar-refractivity contribution in [2.75, 3.05) is 0 Å². The first-order valence-electron chi connectivity index (χ1n) is 9.76. The van der Waals surface area contributed by atoms with Crippen LogP contribution in [0, 0.1) is 0 Å². The number of aromatic hydroxyl groups is 1. The Morgan fingerprint density at radius 2 is 1.28 bits per heavy atom. The number of hydrogen-bond acceptors (Lipinski definition) is 9. The number of hydrogen-bond donors (Lipinski definition) is 3. The van der Waals surface area contributed by atoms with E-state index in [0.717, 1.165) is 23.6 Å². The van der Waals surface area contributed by atoms with Crippen molar-refractivity contribution in [3.8, 4) is 5.75 Å². The van der Waals surface area contributed by atoms with Gasteiger partial charge in [0.25, 0.3) is 20.2 Å². The summed E-state index contributed by atoms with van der Waals surface area (Å²) in [6.07, 6.45) is 0. The van der Waals surface area contributed by atoms with Gasteiger partial charge >= 0.3 is 0 Å². The zero-order valence-electron chi connectivity index (χ0n) is 18.6. The van der Waals surface area contributed by atoms with Crippen LogP contribution in [-0.2, 0) is 20.2 Å². The van der Waals surface area contributed by atoms with E-state index in [-0.39, 0.29) is 63.0 Å². The maximum atomic E-state index is 12.0. The van der Waals surface area contributed by atoms with Crippen LogP contribution in [0.5, 0.6) is 5.75 Å². The average molecular weight is 536 g/mol. The zero-order chi connectivity index (χ0) is 25.2. The second-order valence-electron chi connectivity index (χ2n) is 7.15. The van der Waals surface area contributed by atoms with Crippen molar-refractivity contribution in [2.24, 2.45) is 20.5 Å². The van der Waals surface area contributed by atoms with Crippen molar-refractivity contribution >= 4 is 83.3 Å². The van der Waals surface area contributed by atoms with Crippen LogP contribution in [0.1, 0.15) is 0 Å². The number of phenols is 1. The molecule has 0 aliphatic rings. The van der Waals surface area contributed by atoms with E-state index in [0.29, 0.717) is 5.39 Å². The Labute approximate surface area is 228 Å². The molecule has 36 heavy (non-hydrogen) atoms. The summed E-state index contributed by atoms with van der Waals surface area (Å²) in [7, 11) is -9.09. The van der Waals surface area contributed by atoms with Gasteiger partial charge in [-0.2, -0.15) is 27.1 Å². The minimum Gasteiger partial charge on any atom is -0.506 e. The van der Waals surface area contributed by atoms with Crippen LogP contribution in [0.25, 0.3) is 10.8 Å². The van der Waals surface area contributed by atoms with E-state index in [1.165, 1.54) is 30.3 Å². The summed E-state index contributed by atoms with van der Waals surface area (Å²) >= 11 is 0. The van der Waals surface area contributed by atoms with Crippen LogP contribution in [0.3, 0.4) is 0 Å². The Hall–Kier alpha value is -3.04. The Morgan fingerprint density at radius 1 is 0.639 bits per heavy atom. The molecule has 0 aliphatic heterocycles. The zero-order valence-corrected chi connectivity index (χ0v) is 22.2. The SMILES string of the molecule is O=S(=O)(O)c1ccc(N=Nc2ccc(N=Nc3c(O)ccc4ccccc34)c(S(=O)(=O)O)c2)cc1.[Na]. The molecule has 14 heteroatoms. The van der Waals surface area contributed by atoms with Crippen LogP contribution in [-0.4, -0.2) is 60.6 Å². The van der Waals surface area contributed by atoms with Gasteiger partial charge in [0.2, 0.25) is 0 Å². The van der Waals surface area contributed by atoms with Gasteiger partial charge in [-0.25, -0.2) is 0 Å². The van der Waals surface area contributed by atoms with Crippen molar-refractivity contribution in [1.82, 2.24) is 0 Å². The van der Waals surface area contributed by atoms with Crippen molar-refractivity contribution < 1.29 is 31.0 Å². The molecule has 0 aromatic heterocycles. The van der Waals surface area contributed by atoms with Gasteiger partial charge in [0.15, 0.2) is 0 Å². The smallest absolute Gasteiger partial charge is 0.296 e. The van der Waals surface area contributed by atoms with E-state index in [4.69, 9.17) is 4.55 Å². The number of benzene rings is 4. The molecule has 0 atom stereocenters. The van der Waals surface area contributed by atoms with Crippen molar-refractivity contribution in [2.45, 2.75) is 9.79 Å². The number of phenolic OH excluding ortho intramolecular Hbond substituents is 1. The number of rotatable bonds is 6. The van der Waals surface area contributed by atoms with Crippen LogP contribution in [0.2, 0.25) is 0 Å². The second-order valence-corrected chi connectivity index (χ2v) is 9.96. The van der Waals surface area contributed by atoms with E-state index in [2.05, 4.69) is 20.5 Å². The molecule has 11 nitrogen and oxygen atoms in total. The topological polar surface area (TPSA) is 178 Å². The van der Waals surface area contributed by atoms with Gasteiger partial charge in [0.1, 0.15) is 22.0 Å². The van der Waals surface area contributed by atoms with E-state index < -0.39 is 25.1 Å². The summed E-state index contributed by atoms with van der Waals surface area (Å²) in [6, 6.07) is 18.7. The molecule has 0 bridgehead atoms. The van der Waals surface area contributed by atoms with E-state index in [1.54, 1.807) is 18.2 Å². The molecule has 179 valence electrons. The summed E-state index contributed by atoms with van der Waals surface area (Å²) in [4.78, 5) is -0.906. The first-order chi connectivity index (χ1) is 16.5. The predicted molar refractivity (Wildman–Crippen MR) is 132 cm³/mol. The summed E-state index contributed by atoms with van der Waals surface area (Å²) in [5.41, 5.74) is 0.197. The minimum absolute atomic E-state index is 0. The fraction of sp³-hybridized carbons (Fsp3) is 0. The second kappa shape index (κ2) is 10.9. The maximum Gasteiger partial charge on any atom is 0.296 e. The van der Waals surface area contributed by atoms with Crippen molar-refractivity contribution in [1.29, 1.82) is 0 Å². The normalized spacial score (nSPS) is 12.3. The van der Waals surface area contributed by atoms with Crippen LogP contribution in [0.15, 0.2) is 109 Å². The van der Waals surface area contributed by atoms with Gasteiger partial charge in [-0.05, 0) is 53.9 Å². The molecule has 0 heterocycles. The van der Waals surface area contributed by atoms with Crippen LogP contribution in [0.4, 0.5) is 22.7 Å². The largest absolute Gasteiger partial charge is 0.506 e. The third-order valence-corrected chi connectivity index (χ3v) is 6.52.